The maximum absolute atomic E-state index is 12.7. The van der Waals surface area contributed by atoms with Crippen molar-refractivity contribution in [3.05, 3.63) is 40.4 Å². The third-order valence-corrected chi connectivity index (χ3v) is 3.52. The van der Waals surface area contributed by atoms with E-state index >= 15 is 0 Å². The van der Waals surface area contributed by atoms with E-state index < -0.39 is 17.8 Å². The number of β-amino-alcohol motifs (C(OH)–C–C–N with tert-alkyl or cyclic N) is 1. The van der Waals surface area contributed by atoms with Crippen molar-refractivity contribution < 1.29 is 23.1 Å². The van der Waals surface area contributed by atoms with Gasteiger partial charge in [-0.05, 0) is 30.2 Å². The van der Waals surface area contributed by atoms with Crippen LogP contribution in [0.5, 0.6) is 0 Å². The fourth-order valence-corrected chi connectivity index (χ4v) is 2.30. The molecule has 0 radical (unpaired) electrons. The van der Waals surface area contributed by atoms with Crippen molar-refractivity contribution >= 4 is 23.6 Å². The van der Waals surface area contributed by atoms with Crippen molar-refractivity contribution in [2.24, 2.45) is 0 Å². The molecule has 1 amide bonds. The molecule has 0 aliphatic carbocycles. The Bertz CT molecular complexity index is 572. The number of aliphatic hydroxyl groups excluding tert-OH is 1. The zero-order valence-corrected chi connectivity index (χ0v) is 11.7. The summed E-state index contributed by atoms with van der Waals surface area (Å²) in [5, 5.41) is 8.95. The minimum Gasteiger partial charge on any atom is -0.391 e. The Morgan fingerprint density at radius 2 is 2.14 bits per heavy atom. The molecular weight excluding hydrogens is 307 g/mol. The molecule has 0 spiro atoms. The van der Waals surface area contributed by atoms with Crippen LogP contribution < -0.4 is 0 Å². The van der Waals surface area contributed by atoms with Gasteiger partial charge in [0.25, 0.3) is 0 Å². The van der Waals surface area contributed by atoms with Crippen LogP contribution in [0.4, 0.5) is 13.2 Å². The summed E-state index contributed by atoms with van der Waals surface area (Å²) >= 11 is 5.52. The molecule has 1 aromatic rings. The molecule has 0 aromatic heterocycles. The van der Waals surface area contributed by atoms with Crippen LogP contribution in [0.2, 0.25) is 5.02 Å². The van der Waals surface area contributed by atoms with Gasteiger partial charge in [-0.15, -0.1) is 0 Å². The molecule has 0 saturated carbocycles. The van der Waals surface area contributed by atoms with Crippen molar-refractivity contribution in [3.8, 4) is 0 Å². The Morgan fingerprint density at radius 3 is 2.71 bits per heavy atom. The zero-order valence-electron chi connectivity index (χ0n) is 10.9. The van der Waals surface area contributed by atoms with Crippen LogP contribution in [0, 0.1) is 0 Å². The summed E-state index contributed by atoms with van der Waals surface area (Å²) in [6, 6.07) is 3.44. The highest BCUT2D eigenvalue weighted by molar-refractivity contribution is 6.31. The lowest BCUT2D eigenvalue weighted by molar-refractivity contribution is -0.137. The van der Waals surface area contributed by atoms with Gasteiger partial charge in [-0.3, -0.25) is 4.79 Å². The molecule has 2 rings (SSSR count). The van der Waals surface area contributed by atoms with Gasteiger partial charge < -0.3 is 10.0 Å². The molecule has 1 saturated heterocycles. The van der Waals surface area contributed by atoms with Gasteiger partial charge in [0.05, 0.1) is 16.7 Å². The van der Waals surface area contributed by atoms with Gasteiger partial charge in [-0.1, -0.05) is 17.7 Å². The van der Waals surface area contributed by atoms with Crippen LogP contribution in [-0.2, 0) is 11.0 Å². The van der Waals surface area contributed by atoms with Crippen molar-refractivity contribution in [2.45, 2.75) is 18.7 Å². The average Bonchev–Trinajstić information content (AvgIpc) is 2.83. The number of halogens is 4. The summed E-state index contributed by atoms with van der Waals surface area (Å²) in [6.07, 6.45) is -2.06. The Labute approximate surface area is 124 Å². The van der Waals surface area contributed by atoms with E-state index in [2.05, 4.69) is 0 Å². The van der Waals surface area contributed by atoms with Crippen LogP contribution >= 0.6 is 11.6 Å². The number of nitrogens with zero attached hydrogens (tertiary/aromatic N) is 1. The fourth-order valence-electron chi connectivity index (χ4n) is 2.08. The van der Waals surface area contributed by atoms with Gasteiger partial charge in [0.2, 0.25) is 5.91 Å². The number of carbonyl (C=O) groups is 1. The second-order valence-corrected chi connectivity index (χ2v) is 5.20. The van der Waals surface area contributed by atoms with Crippen LogP contribution in [-0.4, -0.2) is 35.1 Å². The van der Waals surface area contributed by atoms with Gasteiger partial charge >= 0.3 is 6.18 Å². The van der Waals surface area contributed by atoms with E-state index in [0.29, 0.717) is 13.0 Å². The molecule has 0 unspecified atom stereocenters. The number of aliphatic hydroxyl groups is 1. The van der Waals surface area contributed by atoms with Crippen LogP contribution in [0.3, 0.4) is 0 Å². The number of hydrogen-bond donors (Lipinski definition) is 1. The molecule has 0 bridgehead atoms. The number of likely N-dealkylation sites (tertiary alicyclic amines) is 1. The standard InChI is InChI=1S/C14H13ClF3NO2/c15-12-3-1-9(7-11(12)14(16,17)18)2-4-13(21)19-6-5-10(20)8-19/h1-4,7,10,20H,5-6,8H2/b4-2+/t10-/m1/s1. The van der Waals surface area contributed by atoms with Crippen LogP contribution in [0.25, 0.3) is 6.08 Å². The monoisotopic (exact) mass is 319 g/mol. The van der Waals surface area contributed by atoms with Gasteiger partial charge in [0, 0.05) is 19.2 Å². The van der Waals surface area contributed by atoms with E-state index in [0.717, 1.165) is 12.1 Å². The first-order valence-corrected chi connectivity index (χ1v) is 6.67. The first kappa shape index (κ1) is 15.9. The van der Waals surface area contributed by atoms with Crippen molar-refractivity contribution in [1.82, 2.24) is 4.90 Å². The maximum atomic E-state index is 12.7. The third-order valence-electron chi connectivity index (χ3n) is 3.19. The highest BCUT2D eigenvalue weighted by atomic mass is 35.5. The molecule has 1 N–H and O–H groups in total. The Morgan fingerprint density at radius 1 is 1.43 bits per heavy atom. The molecule has 3 nitrogen and oxygen atoms in total. The predicted octanol–water partition coefficient (Wildman–Crippen LogP) is 2.97. The molecule has 1 atom stereocenters. The van der Waals surface area contributed by atoms with E-state index in [1.165, 1.54) is 23.1 Å². The number of amides is 1. The molecular formula is C14H13ClF3NO2. The topological polar surface area (TPSA) is 40.5 Å². The number of rotatable bonds is 2. The number of hydrogen-bond acceptors (Lipinski definition) is 2. The fraction of sp³-hybridized carbons (Fsp3) is 0.357. The van der Waals surface area contributed by atoms with E-state index in [-0.39, 0.29) is 23.0 Å². The Hall–Kier alpha value is -1.53. The first-order chi connectivity index (χ1) is 9.77. The predicted molar refractivity (Wildman–Crippen MR) is 72.7 cm³/mol. The van der Waals surface area contributed by atoms with Gasteiger partial charge in [-0.25, -0.2) is 0 Å². The molecule has 7 heteroatoms. The smallest absolute Gasteiger partial charge is 0.391 e. The van der Waals surface area contributed by atoms with Crippen molar-refractivity contribution in [1.29, 1.82) is 0 Å². The number of carbonyl (C=O) groups excluding carboxylic acids is 1. The SMILES string of the molecule is O=C(/C=C/c1ccc(Cl)c(C(F)(F)F)c1)N1CC[C@@H](O)C1. The molecule has 1 heterocycles. The number of benzene rings is 1. The summed E-state index contributed by atoms with van der Waals surface area (Å²) < 4.78 is 38.1. The van der Waals surface area contributed by atoms with Crippen molar-refractivity contribution in [3.63, 3.8) is 0 Å². The van der Waals surface area contributed by atoms with E-state index in [9.17, 15) is 23.1 Å². The van der Waals surface area contributed by atoms with Gasteiger partial charge in [0.1, 0.15) is 0 Å². The molecule has 1 fully saturated rings. The minimum atomic E-state index is -4.54. The van der Waals surface area contributed by atoms with Crippen LogP contribution in [0.15, 0.2) is 24.3 Å². The number of alkyl halides is 3. The third kappa shape index (κ3) is 3.98. The van der Waals surface area contributed by atoms with Gasteiger partial charge in [0.15, 0.2) is 0 Å². The minimum absolute atomic E-state index is 0.236. The Kier molecular flexibility index (Phi) is 4.58. The van der Waals surface area contributed by atoms with Gasteiger partial charge in [-0.2, -0.15) is 13.2 Å². The largest absolute Gasteiger partial charge is 0.417 e. The lowest BCUT2D eigenvalue weighted by Crippen LogP contribution is -2.27. The summed E-state index contributed by atoms with van der Waals surface area (Å²) in [5.74, 6) is -0.338. The first-order valence-electron chi connectivity index (χ1n) is 6.29. The molecule has 1 aliphatic heterocycles. The van der Waals surface area contributed by atoms with E-state index in [1.807, 2.05) is 0 Å². The Balaban J connectivity index is 2.13. The highest BCUT2D eigenvalue weighted by Gasteiger charge is 2.33. The average molecular weight is 320 g/mol. The molecule has 1 aliphatic rings. The summed E-state index contributed by atoms with van der Waals surface area (Å²) in [4.78, 5) is 13.2. The molecule has 1 aromatic carbocycles. The van der Waals surface area contributed by atoms with Crippen LogP contribution in [0.1, 0.15) is 17.5 Å². The van der Waals surface area contributed by atoms with Crippen molar-refractivity contribution in [2.75, 3.05) is 13.1 Å². The van der Waals surface area contributed by atoms with E-state index in [4.69, 9.17) is 11.6 Å². The lowest BCUT2D eigenvalue weighted by atomic mass is 10.1. The highest BCUT2D eigenvalue weighted by Crippen LogP contribution is 2.35. The van der Waals surface area contributed by atoms with E-state index in [1.54, 1.807) is 0 Å². The summed E-state index contributed by atoms with van der Waals surface area (Å²) in [5.41, 5.74) is -0.699. The zero-order chi connectivity index (χ0) is 15.6. The second-order valence-electron chi connectivity index (χ2n) is 4.80. The second kappa shape index (κ2) is 6.07. The summed E-state index contributed by atoms with van der Waals surface area (Å²) in [6.45, 7) is 0.691. The normalized spacial score (nSPS) is 19.5. The molecule has 114 valence electrons. The summed E-state index contributed by atoms with van der Waals surface area (Å²) in [7, 11) is 0. The maximum Gasteiger partial charge on any atom is 0.417 e. The molecule has 21 heavy (non-hydrogen) atoms. The quantitative estimate of drug-likeness (QED) is 0.851. The lowest BCUT2D eigenvalue weighted by Gasteiger charge is -2.12.